The van der Waals surface area contributed by atoms with Crippen LogP contribution in [0.2, 0.25) is 0 Å². The van der Waals surface area contributed by atoms with Crippen molar-refractivity contribution in [1.29, 1.82) is 0 Å². The van der Waals surface area contributed by atoms with Crippen LogP contribution in [0, 0.1) is 0 Å². The molecule has 0 saturated carbocycles. The van der Waals surface area contributed by atoms with Crippen molar-refractivity contribution in [3.05, 3.63) is 23.9 Å². The highest BCUT2D eigenvalue weighted by atomic mass is 32.2. The first-order valence-electron chi connectivity index (χ1n) is 5.70. The Kier molecular flexibility index (Phi) is 6.47. The van der Waals surface area contributed by atoms with Gasteiger partial charge in [-0.1, -0.05) is 6.07 Å². The van der Waals surface area contributed by atoms with Gasteiger partial charge in [0.1, 0.15) is 11.5 Å². The van der Waals surface area contributed by atoms with Gasteiger partial charge in [0, 0.05) is 13.6 Å². The van der Waals surface area contributed by atoms with Gasteiger partial charge in [0.2, 0.25) is 0 Å². The van der Waals surface area contributed by atoms with Crippen molar-refractivity contribution in [3.8, 4) is 0 Å². The molecule has 1 heterocycles. The topological polar surface area (TPSA) is 54.0 Å². The first kappa shape index (κ1) is 13.8. The molecule has 0 fully saturated rings. The molecule has 0 saturated heterocycles. The van der Waals surface area contributed by atoms with Crippen LogP contribution < -0.4 is 10.6 Å². The number of hydrogen-bond donors (Lipinski definition) is 2. The highest BCUT2D eigenvalue weighted by Gasteiger charge is 2.06. The molecular weight excluding hydrogens is 234 g/mol. The van der Waals surface area contributed by atoms with Gasteiger partial charge in [-0.3, -0.25) is 4.79 Å². The molecule has 1 aromatic heterocycles. The molecule has 0 bridgehead atoms. The van der Waals surface area contributed by atoms with E-state index in [0.29, 0.717) is 18.1 Å². The minimum absolute atomic E-state index is 0.105. The maximum absolute atomic E-state index is 11.7. The Labute approximate surface area is 107 Å². The van der Waals surface area contributed by atoms with Crippen LogP contribution in [0.1, 0.15) is 23.3 Å². The lowest BCUT2D eigenvalue weighted by molar-refractivity contribution is 0.0948. The molecule has 1 aromatic rings. The number of carbonyl (C=O) groups is 1. The standard InChI is InChI=1S/C12H19N3OS/c1-13-11-7-5-6-10(15-11)12(16)14-8-3-4-9-17-2/h5-7H,3-4,8-9H2,1-2H3,(H,13,15)(H,14,16). The number of aromatic nitrogens is 1. The van der Waals surface area contributed by atoms with Gasteiger partial charge < -0.3 is 10.6 Å². The van der Waals surface area contributed by atoms with E-state index in [2.05, 4.69) is 21.9 Å². The highest BCUT2D eigenvalue weighted by Crippen LogP contribution is 2.03. The average Bonchev–Trinajstić information content (AvgIpc) is 2.38. The number of thioether (sulfide) groups is 1. The predicted octanol–water partition coefficient (Wildman–Crippen LogP) is 2.00. The summed E-state index contributed by atoms with van der Waals surface area (Å²) in [6.45, 7) is 0.713. The quantitative estimate of drug-likeness (QED) is 0.730. The number of unbranched alkanes of at least 4 members (excludes halogenated alkanes) is 1. The van der Waals surface area contributed by atoms with Crippen LogP contribution in [0.4, 0.5) is 5.82 Å². The van der Waals surface area contributed by atoms with Crippen LogP contribution in [0.15, 0.2) is 18.2 Å². The van der Waals surface area contributed by atoms with Crippen molar-refractivity contribution < 1.29 is 4.79 Å². The van der Waals surface area contributed by atoms with Crippen molar-refractivity contribution in [2.24, 2.45) is 0 Å². The first-order valence-corrected chi connectivity index (χ1v) is 7.09. The van der Waals surface area contributed by atoms with Gasteiger partial charge >= 0.3 is 0 Å². The van der Waals surface area contributed by atoms with Crippen LogP contribution in [0.3, 0.4) is 0 Å². The fourth-order valence-electron chi connectivity index (χ4n) is 1.36. The van der Waals surface area contributed by atoms with Gasteiger partial charge in [-0.25, -0.2) is 4.98 Å². The zero-order valence-electron chi connectivity index (χ0n) is 10.3. The summed E-state index contributed by atoms with van der Waals surface area (Å²) in [5.41, 5.74) is 0.460. The van der Waals surface area contributed by atoms with E-state index in [1.165, 1.54) is 0 Å². The Morgan fingerprint density at radius 3 is 2.94 bits per heavy atom. The third-order valence-electron chi connectivity index (χ3n) is 2.30. The maximum atomic E-state index is 11.7. The minimum Gasteiger partial charge on any atom is -0.373 e. The summed E-state index contributed by atoms with van der Waals surface area (Å²) in [6, 6.07) is 5.37. The average molecular weight is 253 g/mol. The Hall–Kier alpha value is -1.23. The number of carbonyl (C=O) groups excluding carboxylic acids is 1. The van der Waals surface area contributed by atoms with E-state index in [1.807, 2.05) is 23.9 Å². The van der Waals surface area contributed by atoms with Crippen molar-refractivity contribution in [2.45, 2.75) is 12.8 Å². The SMILES string of the molecule is CNc1cccc(C(=O)NCCCCSC)n1. The number of anilines is 1. The van der Waals surface area contributed by atoms with E-state index >= 15 is 0 Å². The van der Waals surface area contributed by atoms with E-state index in [-0.39, 0.29) is 5.91 Å². The van der Waals surface area contributed by atoms with Crippen LogP contribution in [0.25, 0.3) is 0 Å². The first-order chi connectivity index (χ1) is 8.27. The fourth-order valence-corrected chi connectivity index (χ4v) is 1.86. The lowest BCUT2D eigenvalue weighted by Gasteiger charge is -2.05. The van der Waals surface area contributed by atoms with Gasteiger partial charge in [-0.05, 0) is 37.0 Å². The van der Waals surface area contributed by atoms with Crippen molar-refractivity contribution in [2.75, 3.05) is 30.9 Å². The van der Waals surface area contributed by atoms with Gasteiger partial charge in [-0.2, -0.15) is 11.8 Å². The summed E-state index contributed by atoms with van der Waals surface area (Å²) < 4.78 is 0. The molecule has 0 aliphatic rings. The molecule has 2 N–H and O–H groups in total. The summed E-state index contributed by atoms with van der Waals surface area (Å²) in [5.74, 6) is 1.75. The van der Waals surface area contributed by atoms with Crippen molar-refractivity contribution in [1.82, 2.24) is 10.3 Å². The zero-order chi connectivity index (χ0) is 12.5. The van der Waals surface area contributed by atoms with Gasteiger partial charge in [-0.15, -0.1) is 0 Å². The van der Waals surface area contributed by atoms with E-state index < -0.39 is 0 Å². The Bertz CT molecular complexity index is 357. The lowest BCUT2D eigenvalue weighted by atomic mass is 10.3. The summed E-state index contributed by atoms with van der Waals surface area (Å²) in [4.78, 5) is 15.9. The molecule has 0 aliphatic carbocycles. The van der Waals surface area contributed by atoms with E-state index in [0.717, 1.165) is 18.6 Å². The molecule has 5 heteroatoms. The third-order valence-corrected chi connectivity index (χ3v) is 3.00. The molecule has 0 radical (unpaired) electrons. The second kappa shape index (κ2) is 7.95. The molecule has 4 nitrogen and oxygen atoms in total. The minimum atomic E-state index is -0.105. The number of rotatable bonds is 7. The van der Waals surface area contributed by atoms with Gasteiger partial charge in [0.25, 0.3) is 5.91 Å². The second-order valence-electron chi connectivity index (χ2n) is 3.61. The third kappa shape index (κ3) is 5.08. The largest absolute Gasteiger partial charge is 0.373 e. The molecule has 0 spiro atoms. The lowest BCUT2D eigenvalue weighted by Crippen LogP contribution is -2.25. The van der Waals surface area contributed by atoms with E-state index in [1.54, 1.807) is 13.1 Å². The second-order valence-corrected chi connectivity index (χ2v) is 4.60. The number of hydrogen-bond acceptors (Lipinski definition) is 4. The molecule has 1 rings (SSSR count). The van der Waals surface area contributed by atoms with E-state index in [9.17, 15) is 4.79 Å². The summed E-state index contributed by atoms with van der Waals surface area (Å²) in [5, 5.41) is 5.78. The van der Waals surface area contributed by atoms with Crippen molar-refractivity contribution >= 4 is 23.5 Å². The fraction of sp³-hybridized carbons (Fsp3) is 0.500. The molecular formula is C12H19N3OS. The van der Waals surface area contributed by atoms with Crippen molar-refractivity contribution in [3.63, 3.8) is 0 Å². The number of nitrogens with zero attached hydrogens (tertiary/aromatic N) is 1. The monoisotopic (exact) mass is 253 g/mol. The number of amides is 1. The molecule has 0 aromatic carbocycles. The van der Waals surface area contributed by atoms with Gasteiger partial charge in [0.05, 0.1) is 0 Å². The zero-order valence-corrected chi connectivity index (χ0v) is 11.1. The number of pyridine rings is 1. The Morgan fingerprint density at radius 1 is 1.41 bits per heavy atom. The summed E-state index contributed by atoms with van der Waals surface area (Å²) in [6.07, 6.45) is 4.23. The molecule has 94 valence electrons. The molecule has 1 amide bonds. The molecule has 0 aliphatic heterocycles. The maximum Gasteiger partial charge on any atom is 0.269 e. The Balaban J connectivity index is 2.36. The van der Waals surface area contributed by atoms with Crippen LogP contribution >= 0.6 is 11.8 Å². The van der Waals surface area contributed by atoms with Crippen LogP contribution in [0.5, 0.6) is 0 Å². The van der Waals surface area contributed by atoms with Crippen LogP contribution in [-0.4, -0.2) is 36.5 Å². The van der Waals surface area contributed by atoms with Gasteiger partial charge in [0.15, 0.2) is 0 Å². The smallest absolute Gasteiger partial charge is 0.269 e. The van der Waals surface area contributed by atoms with Crippen LogP contribution in [-0.2, 0) is 0 Å². The summed E-state index contributed by atoms with van der Waals surface area (Å²) in [7, 11) is 1.78. The normalized spacial score (nSPS) is 10.0. The molecule has 0 unspecified atom stereocenters. The highest BCUT2D eigenvalue weighted by molar-refractivity contribution is 7.98. The predicted molar refractivity (Wildman–Crippen MR) is 73.7 cm³/mol. The Morgan fingerprint density at radius 2 is 2.24 bits per heavy atom. The summed E-state index contributed by atoms with van der Waals surface area (Å²) >= 11 is 1.83. The molecule has 0 atom stereocenters. The number of nitrogens with one attached hydrogen (secondary N) is 2. The molecule has 17 heavy (non-hydrogen) atoms. The van der Waals surface area contributed by atoms with E-state index in [4.69, 9.17) is 0 Å².